The molecule has 0 aromatic rings. The molecule has 4 atom stereocenters. The van der Waals surface area contributed by atoms with Gasteiger partial charge in [0.15, 0.2) is 0 Å². The average Bonchev–Trinajstić information content (AvgIpc) is 2.23. The lowest BCUT2D eigenvalue weighted by molar-refractivity contribution is 0.0165. The van der Waals surface area contributed by atoms with E-state index in [0.29, 0.717) is 39.3 Å². The third-order valence-electron chi connectivity index (χ3n) is 3.03. The predicted molar refractivity (Wildman–Crippen MR) is 85.6 cm³/mol. The Bertz CT molecular complexity index is 229. The smallest absolute Gasteiger partial charge is 0.0793 e. The minimum atomic E-state index is -0.699. The monoisotopic (exact) mass is 322 g/mol. The summed E-state index contributed by atoms with van der Waals surface area (Å²) in [5, 5.41) is 48.2. The van der Waals surface area contributed by atoms with E-state index in [4.69, 9.17) is 0 Å². The highest BCUT2D eigenvalue weighted by Gasteiger charge is 2.19. The molecule has 134 valence electrons. The molecule has 0 aliphatic heterocycles. The van der Waals surface area contributed by atoms with Gasteiger partial charge in [0.05, 0.1) is 30.5 Å². The van der Waals surface area contributed by atoms with E-state index in [0.717, 1.165) is 0 Å². The second-order valence-electron chi connectivity index (χ2n) is 6.49. The highest BCUT2D eigenvalue weighted by Crippen LogP contribution is 2.03. The summed E-state index contributed by atoms with van der Waals surface area (Å²) in [7, 11) is 0. The summed E-state index contributed by atoms with van der Waals surface area (Å²) < 4.78 is 0. The van der Waals surface area contributed by atoms with Gasteiger partial charge in [-0.2, -0.15) is 0 Å². The van der Waals surface area contributed by atoms with E-state index in [9.17, 15) is 25.5 Å². The maximum atomic E-state index is 10.2. The predicted octanol–water partition coefficient (Wildman–Crippen LogP) is -1.53. The van der Waals surface area contributed by atoms with Crippen molar-refractivity contribution in [3.8, 4) is 0 Å². The minimum Gasteiger partial charge on any atom is -0.392 e. The lowest BCUT2D eigenvalue weighted by atomic mass is 10.2. The molecule has 0 rings (SSSR count). The number of aliphatic hydroxyl groups excluding tert-OH is 5. The molecule has 0 aliphatic rings. The van der Waals surface area contributed by atoms with E-state index in [1.54, 1.807) is 27.7 Å². The van der Waals surface area contributed by atoms with Crippen LogP contribution in [0.2, 0.25) is 0 Å². The number of hydrogen-bond acceptors (Lipinski definition) is 7. The van der Waals surface area contributed by atoms with Gasteiger partial charge in [-0.25, -0.2) is 0 Å². The van der Waals surface area contributed by atoms with Crippen LogP contribution in [0.3, 0.4) is 0 Å². The van der Waals surface area contributed by atoms with Crippen LogP contribution in [0.25, 0.3) is 0 Å². The van der Waals surface area contributed by atoms with E-state index in [1.165, 1.54) is 0 Å². The van der Waals surface area contributed by atoms with Crippen LogP contribution >= 0.6 is 0 Å². The molecule has 0 heterocycles. The van der Waals surface area contributed by atoms with Gasteiger partial charge in [0.25, 0.3) is 0 Å². The third-order valence-corrected chi connectivity index (χ3v) is 3.03. The number of rotatable bonds is 12. The number of nitrogens with zero attached hydrogens (tertiary/aromatic N) is 2. The van der Waals surface area contributed by atoms with Crippen LogP contribution in [-0.2, 0) is 0 Å². The Morgan fingerprint density at radius 3 is 0.909 bits per heavy atom. The van der Waals surface area contributed by atoms with Gasteiger partial charge in [-0.3, -0.25) is 9.80 Å². The maximum absolute atomic E-state index is 10.2. The first-order valence-electron chi connectivity index (χ1n) is 7.95. The van der Waals surface area contributed by atoms with Crippen LogP contribution in [0.15, 0.2) is 0 Å². The van der Waals surface area contributed by atoms with Gasteiger partial charge in [-0.15, -0.1) is 0 Å². The Hall–Kier alpha value is -0.280. The van der Waals surface area contributed by atoms with Crippen LogP contribution in [0.1, 0.15) is 27.7 Å². The molecule has 0 radical (unpaired) electrons. The van der Waals surface area contributed by atoms with Gasteiger partial charge >= 0.3 is 0 Å². The van der Waals surface area contributed by atoms with Crippen molar-refractivity contribution < 1.29 is 25.5 Å². The fourth-order valence-electron chi connectivity index (χ4n) is 2.60. The molecule has 7 heteroatoms. The number of hydrogen-bond donors (Lipinski definition) is 5. The van der Waals surface area contributed by atoms with E-state index in [-0.39, 0.29) is 0 Å². The fraction of sp³-hybridized carbons (Fsp3) is 1.00. The van der Waals surface area contributed by atoms with Gasteiger partial charge in [0.1, 0.15) is 0 Å². The Kier molecular flexibility index (Phi) is 11.1. The van der Waals surface area contributed by atoms with E-state index < -0.39 is 30.5 Å². The molecule has 4 unspecified atom stereocenters. The Morgan fingerprint density at radius 2 is 0.727 bits per heavy atom. The summed E-state index contributed by atoms with van der Waals surface area (Å²) in [5.41, 5.74) is 0. The van der Waals surface area contributed by atoms with E-state index in [1.807, 2.05) is 9.80 Å². The molecular weight excluding hydrogens is 288 g/mol. The molecule has 0 aliphatic carbocycles. The van der Waals surface area contributed by atoms with Crippen molar-refractivity contribution in [2.45, 2.75) is 58.2 Å². The van der Waals surface area contributed by atoms with Crippen molar-refractivity contribution in [3.05, 3.63) is 0 Å². The molecule has 0 aromatic heterocycles. The van der Waals surface area contributed by atoms with Gasteiger partial charge < -0.3 is 25.5 Å². The molecule has 22 heavy (non-hydrogen) atoms. The third kappa shape index (κ3) is 12.3. The lowest BCUT2D eigenvalue weighted by Gasteiger charge is -2.31. The summed E-state index contributed by atoms with van der Waals surface area (Å²) in [5.74, 6) is 0. The molecule has 0 saturated heterocycles. The second-order valence-corrected chi connectivity index (χ2v) is 6.49. The number of aliphatic hydroxyl groups is 5. The highest BCUT2D eigenvalue weighted by atomic mass is 16.3. The van der Waals surface area contributed by atoms with Crippen molar-refractivity contribution in [1.82, 2.24) is 9.80 Å². The van der Waals surface area contributed by atoms with Gasteiger partial charge in [-0.1, -0.05) is 0 Å². The van der Waals surface area contributed by atoms with Crippen molar-refractivity contribution in [2.24, 2.45) is 0 Å². The molecule has 0 saturated carbocycles. The molecule has 0 bridgehead atoms. The van der Waals surface area contributed by atoms with Crippen molar-refractivity contribution in [3.63, 3.8) is 0 Å². The Balaban J connectivity index is 4.50. The first-order valence-corrected chi connectivity index (χ1v) is 7.95. The van der Waals surface area contributed by atoms with Gasteiger partial charge in [0, 0.05) is 39.3 Å². The van der Waals surface area contributed by atoms with Gasteiger partial charge in [-0.05, 0) is 27.7 Å². The second kappa shape index (κ2) is 11.3. The van der Waals surface area contributed by atoms with Crippen molar-refractivity contribution >= 4 is 0 Å². The zero-order valence-electron chi connectivity index (χ0n) is 14.3. The van der Waals surface area contributed by atoms with Crippen LogP contribution in [0.4, 0.5) is 0 Å². The van der Waals surface area contributed by atoms with Crippen LogP contribution < -0.4 is 0 Å². The molecule has 5 N–H and O–H groups in total. The summed E-state index contributed by atoms with van der Waals surface area (Å²) in [6.45, 7) is 8.75. The van der Waals surface area contributed by atoms with E-state index >= 15 is 0 Å². The SMILES string of the molecule is CC(O)CN(CC(C)O)CC(O)CN(CC(C)O)CC(C)O. The zero-order valence-corrected chi connectivity index (χ0v) is 14.3. The van der Waals surface area contributed by atoms with Crippen LogP contribution in [0, 0.1) is 0 Å². The molecule has 0 fully saturated rings. The molecule has 0 amide bonds. The first-order chi connectivity index (χ1) is 10.1. The van der Waals surface area contributed by atoms with Crippen molar-refractivity contribution in [2.75, 3.05) is 39.3 Å². The minimum absolute atomic E-state index is 0.311. The summed E-state index contributed by atoms with van der Waals surface area (Å²) in [6.07, 6.45) is -2.88. The lowest BCUT2D eigenvalue weighted by Crippen LogP contribution is -2.47. The maximum Gasteiger partial charge on any atom is 0.0793 e. The average molecular weight is 322 g/mol. The normalized spacial score (nSPS) is 19.2. The van der Waals surface area contributed by atoms with Crippen LogP contribution in [0.5, 0.6) is 0 Å². The highest BCUT2D eigenvalue weighted by molar-refractivity contribution is 4.74. The summed E-state index contributed by atoms with van der Waals surface area (Å²) in [6, 6.07) is 0. The van der Waals surface area contributed by atoms with Crippen molar-refractivity contribution in [1.29, 1.82) is 0 Å². The summed E-state index contributed by atoms with van der Waals surface area (Å²) in [4.78, 5) is 3.62. The van der Waals surface area contributed by atoms with Gasteiger partial charge in [0.2, 0.25) is 0 Å². The standard InChI is InChI=1S/C15H34N2O5/c1-11(18)5-16(6-12(2)19)9-15(22)10-17(7-13(3)20)8-14(4)21/h11-15,18-22H,5-10H2,1-4H3. The molecule has 0 spiro atoms. The van der Waals surface area contributed by atoms with Crippen LogP contribution in [-0.4, -0.2) is 105 Å². The Morgan fingerprint density at radius 1 is 0.500 bits per heavy atom. The van der Waals surface area contributed by atoms with E-state index in [2.05, 4.69) is 0 Å². The quantitative estimate of drug-likeness (QED) is 0.297. The zero-order chi connectivity index (χ0) is 17.3. The molecular formula is C15H34N2O5. The molecule has 7 nitrogen and oxygen atoms in total. The fourth-order valence-corrected chi connectivity index (χ4v) is 2.60. The summed E-state index contributed by atoms with van der Waals surface area (Å²) >= 11 is 0. The largest absolute Gasteiger partial charge is 0.392 e. The first kappa shape index (κ1) is 21.7. The molecule has 0 aromatic carbocycles. The Labute approximate surface area is 133 Å². The topological polar surface area (TPSA) is 108 Å².